The molecule has 40 heavy (non-hydrogen) atoms. The number of anilines is 1. The molecule has 12 heteroatoms. The molecule has 0 spiro atoms. The van der Waals surface area contributed by atoms with Crippen LogP contribution in [0.5, 0.6) is 11.6 Å². The molecule has 4 rings (SSSR count). The molecule has 0 aliphatic carbocycles. The van der Waals surface area contributed by atoms with Crippen LogP contribution in [0.4, 0.5) is 5.69 Å². The van der Waals surface area contributed by atoms with E-state index in [1.165, 1.54) is 21.1 Å². The van der Waals surface area contributed by atoms with E-state index in [1.807, 2.05) is 39.8 Å². The Balaban J connectivity index is 1.85. The van der Waals surface area contributed by atoms with Gasteiger partial charge in [0.05, 0.1) is 18.9 Å². The standard InChI is InChI=1S/C28H34N4O7S/c1-17(2)15-25(33)29-21-9-10-23(24(16-21)40(36,37)31-11-13-38-14-12-31)39-27-20(5)26(28(34)35)30-32(27)22-8-6-7-18(3)19(22)4/h6-10,16-17H,11-15H2,1-5H3,(H,29,33)(H,34,35). The normalized spacial score (nSPS) is 14.3. The molecule has 2 heterocycles. The number of carbonyl (C=O) groups is 2. The van der Waals surface area contributed by atoms with Gasteiger partial charge >= 0.3 is 5.97 Å². The van der Waals surface area contributed by atoms with Crippen molar-refractivity contribution < 1.29 is 32.6 Å². The molecule has 0 radical (unpaired) electrons. The summed E-state index contributed by atoms with van der Waals surface area (Å²) >= 11 is 0. The Labute approximate surface area is 233 Å². The number of hydrogen-bond acceptors (Lipinski definition) is 7. The van der Waals surface area contributed by atoms with Crippen LogP contribution in [-0.4, -0.2) is 65.8 Å². The molecule has 0 bridgehead atoms. The third kappa shape index (κ3) is 6.03. The fourth-order valence-corrected chi connectivity index (χ4v) is 5.96. The maximum atomic E-state index is 13.8. The zero-order chi connectivity index (χ0) is 29.2. The van der Waals surface area contributed by atoms with Crippen LogP contribution in [-0.2, 0) is 19.6 Å². The third-order valence-corrected chi connectivity index (χ3v) is 8.61. The number of ether oxygens (including phenoxy) is 2. The van der Waals surface area contributed by atoms with Gasteiger partial charge in [-0.1, -0.05) is 26.0 Å². The lowest BCUT2D eigenvalue weighted by Gasteiger charge is -2.27. The van der Waals surface area contributed by atoms with Crippen LogP contribution in [0.25, 0.3) is 5.69 Å². The molecule has 1 saturated heterocycles. The summed E-state index contributed by atoms with van der Waals surface area (Å²) in [4.78, 5) is 24.3. The molecule has 214 valence electrons. The lowest BCUT2D eigenvalue weighted by Crippen LogP contribution is -2.40. The van der Waals surface area contributed by atoms with Gasteiger partial charge in [-0.15, -0.1) is 0 Å². The zero-order valence-corrected chi connectivity index (χ0v) is 24.0. The van der Waals surface area contributed by atoms with Gasteiger partial charge in [0, 0.05) is 30.8 Å². The summed E-state index contributed by atoms with van der Waals surface area (Å²) in [7, 11) is -4.08. The summed E-state index contributed by atoms with van der Waals surface area (Å²) in [6.07, 6.45) is 0.274. The van der Waals surface area contributed by atoms with Gasteiger partial charge in [0.25, 0.3) is 0 Å². The minimum atomic E-state index is -4.08. The summed E-state index contributed by atoms with van der Waals surface area (Å²) in [6.45, 7) is 10.0. The van der Waals surface area contributed by atoms with Crippen LogP contribution in [0.15, 0.2) is 41.3 Å². The minimum Gasteiger partial charge on any atom is -0.476 e. The summed E-state index contributed by atoms with van der Waals surface area (Å²) in [5, 5.41) is 16.9. The van der Waals surface area contributed by atoms with E-state index >= 15 is 0 Å². The van der Waals surface area contributed by atoms with Crippen molar-refractivity contribution in [3.05, 3.63) is 58.8 Å². The SMILES string of the molecule is Cc1cccc(-n2nc(C(=O)O)c(C)c2Oc2ccc(NC(=O)CC(C)C)cc2S(=O)(=O)N2CCOCC2)c1C. The molecule has 1 aliphatic heterocycles. The highest BCUT2D eigenvalue weighted by atomic mass is 32.2. The number of aryl methyl sites for hydroxylation is 1. The first-order chi connectivity index (χ1) is 18.9. The molecule has 11 nitrogen and oxygen atoms in total. The predicted molar refractivity (Wildman–Crippen MR) is 149 cm³/mol. The van der Waals surface area contributed by atoms with Gasteiger partial charge in [0.15, 0.2) is 5.69 Å². The number of carboxylic acid groups (broad SMARTS) is 1. The highest BCUT2D eigenvalue weighted by Crippen LogP contribution is 2.37. The molecule has 1 aromatic heterocycles. The average molecular weight is 571 g/mol. The lowest BCUT2D eigenvalue weighted by molar-refractivity contribution is -0.116. The summed E-state index contributed by atoms with van der Waals surface area (Å²) in [6, 6.07) is 9.90. The highest BCUT2D eigenvalue weighted by molar-refractivity contribution is 7.89. The van der Waals surface area contributed by atoms with E-state index in [1.54, 1.807) is 19.1 Å². The van der Waals surface area contributed by atoms with E-state index in [0.29, 0.717) is 11.4 Å². The third-order valence-electron chi connectivity index (χ3n) is 6.69. The monoisotopic (exact) mass is 570 g/mol. The van der Waals surface area contributed by atoms with Gasteiger partial charge in [0.2, 0.25) is 21.8 Å². The Morgan fingerprint density at radius 1 is 1.10 bits per heavy atom. The molecule has 0 saturated carbocycles. The van der Waals surface area contributed by atoms with Crippen molar-refractivity contribution in [3.63, 3.8) is 0 Å². The number of aromatic nitrogens is 2. The van der Waals surface area contributed by atoms with E-state index in [9.17, 15) is 23.1 Å². The van der Waals surface area contributed by atoms with E-state index in [2.05, 4.69) is 10.4 Å². The Morgan fingerprint density at radius 2 is 1.80 bits per heavy atom. The molecule has 0 unspecified atom stereocenters. The topological polar surface area (TPSA) is 140 Å². The van der Waals surface area contributed by atoms with Crippen molar-refractivity contribution >= 4 is 27.6 Å². The number of hydrogen-bond donors (Lipinski definition) is 2. The van der Waals surface area contributed by atoms with Crippen molar-refractivity contribution in [2.75, 3.05) is 31.6 Å². The number of nitrogens with one attached hydrogen (secondary N) is 1. The molecule has 2 N–H and O–H groups in total. The molecule has 2 aromatic carbocycles. The van der Waals surface area contributed by atoms with Crippen molar-refractivity contribution in [1.82, 2.24) is 14.1 Å². The molecule has 0 atom stereocenters. The van der Waals surface area contributed by atoms with Gasteiger partial charge in [-0.2, -0.15) is 14.1 Å². The highest BCUT2D eigenvalue weighted by Gasteiger charge is 2.32. The average Bonchev–Trinajstić information content (AvgIpc) is 3.22. The number of nitrogens with zero attached hydrogens (tertiary/aromatic N) is 3. The predicted octanol–water partition coefficient (Wildman–Crippen LogP) is 4.29. The van der Waals surface area contributed by atoms with E-state index in [4.69, 9.17) is 9.47 Å². The van der Waals surface area contributed by atoms with Crippen molar-refractivity contribution in [2.45, 2.75) is 45.9 Å². The molecule has 1 amide bonds. The molecular formula is C28H34N4O7S. The molecule has 1 fully saturated rings. The number of rotatable bonds is 9. The second-order valence-electron chi connectivity index (χ2n) is 10.1. The number of amides is 1. The van der Waals surface area contributed by atoms with Gasteiger partial charge < -0.3 is 19.9 Å². The van der Waals surface area contributed by atoms with Crippen LogP contribution in [0.3, 0.4) is 0 Å². The Morgan fingerprint density at radius 3 is 2.45 bits per heavy atom. The number of carboxylic acids is 1. The number of carbonyl (C=O) groups excluding carboxylic acids is 1. The maximum absolute atomic E-state index is 13.8. The smallest absolute Gasteiger partial charge is 0.356 e. The second-order valence-corrected chi connectivity index (χ2v) is 12.0. The summed E-state index contributed by atoms with van der Waals surface area (Å²) in [5.74, 6) is -1.32. The van der Waals surface area contributed by atoms with Crippen molar-refractivity contribution in [3.8, 4) is 17.3 Å². The first-order valence-corrected chi connectivity index (χ1v) is 14.4. The molecule has 3 aromatic rings. The van der Waals surface area contributed by atoms with Crippen LogP contribution in [0.2, 0.25) is 0 Å². The van der Waals surface area contributed by atoms with Crippen LogP contribution in [0, 0.1) is 26.7 Å². The van der Waals surface area contributed by atoms with Crippen molar-refractivity contribution in [2.24, 2.45) is 5.92 Å². The van der Waals surface area contributed by atoms with E-state index < -0.39 is 16.0 Å². The molecular weight excluding hydrogens is 536 g/mol. The first-order valence-electron chi connectivity index (χ1n) is 13.0. The van der Waals surface area contributed by atoms with Crippen LogP contribution >= 0.6 is 0 Å². The quantitative estimate of drug-likeness (QED) is 0.388. The summed E-state index contributed by atoms with van der Waals surface area (Å²) in [5.41, 5.74) is 2.74. The second kappa shape index (κ2) is 11.8. The Kier molecular flexibility index (Phi) is 8.62. The van der Waals surface area contributed by atoms with Crippen LogP contribution in [0.1, 0.15) is 47.4 Å². The lowest BCUT2D eigenvalue weighted by atomic mass is 10.1. The fourth-order valence-electron chi connectivity index (χ4n) is 4.42. The fraction of sp³-hybridized carbons (Fsp3) is 0.393. The first kappa shape index (κ1) is 29.2. The summed E-state index contributed by atoms with van der Waals surface area (Å²) < 4.78 is 41.9. The van der Waals surface area contributed by atoms with Crippen LogP contribution < -0.4 is 10.1 Å². The van der Waals surface area contributed by atoms with E-state index in [0.717, 1.165) is 11.1 Å². The van der Waals surface area contributed by atoms with Gasteiger partial charge in [-0.25, -0.2) is 13.2 Å². The van der Waals surface area contributed by atoms with Gasteiger partial charge in [0.1, 0.15) is 10.6 Å². The van der Waals surface area contributed by atoms with Gasteiger partial charge in [-0.05, 0) is 62.1 Å². The largest absolute Gasteiger partial charge is 0.476 e. The van der Waals surface area contributed by atoms with E-state index in [-0.39, 0.29) is 72.3 Å². The zero-order valence-electron chi connectivity index (χ0n) is 23.2. The number of sulfonamides is 1. The van der Waals surface area contributed by atoms with Gasteiger partial charge in [-0.3, -0.25) is 4.79 Å². The number of morpholine rings is 1. The van der Waals surface area contributed by atoms with Crippen molar-refractivity contribution in [1.29, 1.82) is 0 Å². The Bertz CT molecular complexity index is 1540. The Hall–Kier alpha value is -3.74. The minimum absolute atomic E-state index is 0.0279. The number of benzene rings is 2. The maximum Gasteiger partial charge on any atom is 0.356 e. The molecule has 1 aliphatic rings. The number of aromatic carboxylic acids is 1.